The number of hydrogen-bond donors (Lipinski definition) is 0. The molecule has 0 rings (SSSR count). The van der Waals surface area contributed by atoms with Crippen molar-refractivity contribution in [2.45, 2.75) is 110 Å². The molecule has 3 heteroatoms. The zero-order valence-corrected chi connectivity index (χ0v) is 22.4. The Morgan fingerprint density at radius 3 is 1.81 bits per heavy atom. The van der Waals surface area contributed by atoms with Gasteiger partial charge in [0.05, 0.1) is 0 Å². The van der Waals surface area contributed by atoms with E-state index in [2.05, 4.69) is 53.7 Å². The summed E-state index contributed by atoms with van der Waals surface area (Å²) in [7, 11) is 1.69. The van der Waals surface area contributed by atoms with E-state index < -0.39 is 18.4 Å². The normalized spacial score (nSPS) is 13.7. The Balaban J connectivity index is 5.14. The van der Waals surface area contributed by atoms with E-state index in [9.17, 15) is 0 Å². The van der Waals surface area contributed by atoms with Crippen molar-refractivity contribution >= 4 is 18.4 Å². The van der Waals surface area contributed by atoms with Crippen LogP contribution in [0.25, 0.3) is 0 Å². The fourth-order valence-corrected chi connectivity index (χ4v) is 19.4. The second-order valence-corrected chi connectivity index (χ2v) is 22.6. The SMILES string of the molecule is CCC[CH2][Sn]([CH2]/C=C(\C)CC(C=C(C)C)OCOC)([CH2]CCC)[CH2]CCC. The minimum absolute atomic E-state index is 0.137. The molecule has 160 valence electrons. The molecular formula is C24H48O2Sn. The topological polar surface area (TPSA) is 18.5 Å². The molecule has 0 saturated heterocycles. The fourth-order valence-electron chi connectivity index (χ4n) is 3.82. The summed E-state index contributed by atoms with van der Waals surface area (Å²) < 4.78 is 17.2. The Morgan fingerprint density at radius 1 is 0.889 bits per heavy atom. The van der Waals surface area contributed by atoms with Gasteiger partial charge in [0.2, 0.25) is 0 Å². The van der Waals surface area contributed by atoms with Crippen LogP contribution in [0.1, 0.15) is 86.5 Å². The molecule has 0 N–H and O–H groups in total. The van der Waals surface area contributed by atoms with Gasteiger partial charge in [0, 0.05) is 0 Å². The quantitative estimate of drug-likeness (QED) is 0.117. The molecule has 0 amide bonds. The van der Waals surface area contributed by atoms with Crippen LogP contribution in [0, 0.1) is 0 Å². The van der Waals surface area contributed by atoms with Crippen LogP contribution in [0.4, 0.5) is 0 Å². The first-order valence-corrected chi connectivity index (χ1v) is 19.4. The summed E-state index contributed by atoms with van der Waals surface area (Å²) in [5.41, 5.74) is 2.81. The molecule has 0 aliphatic heterocycles. The molecule has 0 spiro atoms. The van der Waals surface area contributed by atoms with Crippen LogP contribution in [0.2, 0.25) is 17.7 Å². The Labute approximate surface area is 175 Å². The number of allylic oxidation sites excluding steroid dienone is 2. The number of rotatable bonds is 17. The van der Waals surface area contributed by atoms with E-state index in [1.807, 2.05) is 0 Å². The third kappa shape index (κ3) is 13.9. The van der Waals surface area contributed by atoms with Crippen LogP contribution in [0.5, 0.6) is 0 Å². The van der Waals surface area contributed by atoms with Gasteiger partial charge in [-0.05, 0) is 0 Å². The molecule has 0 aliphatic rings. The number of ether oxygens (including phenoxy) is 2. The van der Waals surface area contributed by atoms with E-state index in [1.165, 1.54) is 54.1 Å². The molecule has 0 bridgehead atoms. The fraction of sp³-hybridized carbons (Fsp3) is 0.833. The summed E-state index contributed by atoms with van der Waals surface area (Å²) in [4.78, 5) is 0. The molecule has 0 saturated carbocycles. The third-order valence-corrected chi connectivity index (χ3v) is 20.7. The summed E-state index contributed by atoms with van der Waals surface area (Å²) in [5.74, 6) is 0. The number of methoxy groups -OCH3 is 1. The van der Waals surface area contributed by atoms with Gasteiger partial charge in [0.1, 0.15) is 0 Å². The van der Waals surface area contributed by atoms with E-state index in [-0.39, 0.29) is 6.10 Å². The van der Waals surface area contributed by atoms with E-state index in [1.54, 1.807) is 20.4 Å². The predicted molar refractivity (Wildman–Crippen MR) is 124 cm³/mol. The van der Waals surface area contributed by atoms with Crippen LogP contribution in [-0.4, -0.2) is 38.4 Å². The van der Waals surface area contributed by atoms with Gasteiger partial charge in [-0.15, -0.1) is 0 Å². The van der Waals surface area contributed by atoms with Gasteiger partial charge in [-0.2, -0.15) is 0 Å². The first-order chi connectivity index (χ1) is 12.9. The summed E-state index contributed by atoms with van der Waals surface area (Å²) in [5, 5.41) is 0. The van der Waals surface area contributed by atoms with Crippen molar-refractivity contribution in [3.05, 3.63) is 23.3 Å². The monoisotopic (exact) mass is 488 g/mol. The Hall–Kier alpha value is 0.199. The van der Waals surface area contributed by atoms with Crippen molar-refractivity contribution in [3.8, 4) is 0 Å². The molecule has 0 aromatic rings. The van der Waals surface area contributed by atoms with E-state index >= 15 is 0 Å². The Kier molecular flexibility index (Phi) is 17.2. The molecular weight excluding hydrogens is 439 g/mol. The number of unbranched alkanes of at least 4 members (excludes halogenated alkanes) is 3. The van der Waals surface area contributed by atoms with Crippen LogP contribution >= 0.6 is 0 Å². The van der Waals surface area contributed by atoms with Crippen molar-refractivity contribution in [2.75, 3.05) is 13.9 Å². The maximum absolute atomic E-state index is 5.88. The molecule has 0 aromatic heterocycles. The van der Waals surface area contributed by atoms with Crippen LogP contribution < -0.4 is 0 Å². The summed E-state index contributed by atoms with van der Waals surface area (Å²) in [6.45, 7) is 14.0. The van der Waals surface area contributed by atoms with Gasteiger partial charge < -0.3 is 0 Å². The van der Waals surface area contributed by atoms with Crippen molar-refractivity contribution in [1.29, 1.82) is 0 Å². The van der Waals surface area contributed by atoms with E-state index in [0.29, 0.717) is 6.79 Å². The second-order valence-electron chi connectivity index (χ2n) is 8.63. The molecule has 2 nitrogen and oxygen atoms in total. The van der Waals surface area contributed by atoms with Gasteiger partial charge in [0.25, 0.3) is 0 Å². The summed E-state index contributed by atoms with van der Waals surface area (Å²) in [6, 6.07) is 0. The third-order valence-electron chi connectivity index (χ3n) is 5.51. The maximum atomic E-state index is 5.88. The zero-order valence-electron chi connectivity index (χ0n) is 19.5. The van der Waals surface area contributed by atoms with Gasteiger partial charge in [-0.25, -0.2) is 0 Å². The van der Waals surface area contributed by atoms with Crippen LogP contribution in [0.3, 0.4) is 0 Å². The van der Waals surface area contributed by atoms with Crippen LogP contribution in [-0.2, 0) is 9.47 Å². The molecule has 0 heterocycles. The van der Waals surface area contributed by atoms with Crippen molar-refractivity contribution in [3.63, 3.8) is 0 Å². The first-order valence-electron chi connectivity index (χ1n) is 11.3. The zero-order chi connectivity index (χ0) is 20.5. The predicted octanol–water partition coefficient (Wildman–Crippen LogP) is 8.13. The Morgan fingerprint density at radius 2 is 1.41 bits per heavy atom. The molecule has 0 aliphatic carbocycles. The van der Waals surface area contributed by atoms with Crippen molar-refractivity contribution in [1.82, 2.24) is 0 Å². The van der Waals surface area contributed by atoms with E-state index in [4.69, 9.17) is 9.47 Å². The molecule has 0 fully saturated rings. The minimum atomic E-state index is -2.05. The first kappa shape index (κ1) is 27.2. The molecule has 1 atom stereocenters. The van der Waals surface area contributed by atoms with Gasteiger partial charge in [-0.3, -0.25) is 0 Å². The average molecular weight is 487 g/mol. The number of hydrogen-bond acceptors (Lipinski definition) is 2. The van der Waals surface area contributed by atoms with Gasteiger partial charge in [0.15, 0.2) is 0 Å². The Bertz CT molecular complexity index is 389. The average Bonchev–Trinajstić information content (AvgIpc) is 2.64. The van der Waals surface area contributed by atoms with Crippen molar-refractivity contribution < 1.29 is 9.47 Å². The molecule has 27 heavy (non-hydrogen) atoms. The molecule has 0 radical (unpaired) electrons. The summed E-state index contributed by atoms with van der Waals surface area (Å²) >= 11 is -2.05. The van der Waals surface area contributed by atoms with Crippen LogP contribution in [0.15, 0.2) is 23.3 Å². The second kappa shape index (κ2) is 17.1. The summed E-state index contributed by atoms with van der Waals surface area (Å²) in [6.07, 6.45) is 14.4. The van der Waals surface area contributed by atoms with Gasteiger partial charge >= 0.3 is 175 Å². The van der Waals surface area contributed by atoms with E-state index in [0.717, 1.165) is 6.42 Å². The molecule has 1 unspecified atom stereocenters. The molecule has 0 aromatic carbocycles. The van der Waals surface area contributed by atoms with Crippen molar-refractivity contribution in [2.24, 2.45) is 0 Å². The standard InChI is InChI=1S/C12H21O2.3C4H9.Sn/c1-6-11(4)8-12(7-10(2)3)14-9-13-5;3*1-3-4-2;/h6-7,12H,1,8-9H2,2-5H3;3*1,3-4H2,2H3;/b11-6+;;;;. The van der Waals surface area contributed by atoms with Gasteiger partial charge in [-0.1, -0.05) is 0 Å².